The molecule has 4 rings (SSSR count). The summed E-state index contributed by atoms with van der Waals surface area (Å²) in [4.78, 5) is 43.8. The van der Waals surface area contributed by atoms with E-state index in [0.717, 1.165) is 44.3 Å². The third kappa shape index (κ3) is 3.86. The van der Waals surface area contributed by atoms with Crippen LogP contribution in [0.25, 0.3) is 0 Å². The van der Waals surface area contributed by atoms with Crippen molar-refractivity contribution in [1.29, 1.82) is 0 Å². The van der Waals surface area contributed by atoms with E-state index in [1.165, 1.54) is 0 Å². The average Bonchev–Trinajstić information content (AvgIpc) is 3.20. The molecule has 2 fully saturated rings. The lowest BCUT2D eigenvalue weighted by Gasteiger charge is -2.35. The number of fused-ring (bicyclic) bond motifs is 3. The molecule has 6 nitrogen and oxygen atoms in total. The molecule has 1 aromatic rings. The first-order valence-corrected chi connectivity index (χ1v) is 12.3. The van der Waals surface area contributed by atoms with Gasteiger partial charge in [-0.3, -0.25) is 14.4 Å². The normalized spacial score (nSPS) is 26.3. The number of benzene rings is 1. The lowest BCUT2D eigenvalue weighted by molar-refractivity contribution is -0.139. The molecular weight excluding hydrogens is 410 g/mol. The number of carbonyl (C=O) groups excluding carboxylic acids is 3. The van der Waals surface area contributed by atoms with E-state index in [2.05, 4.69) is 5.32 Å². The van der Waals surface area contributed by atoms with Crippen molar-refractivity contribution < 1.29 is 14.4 Å². The highest BCUT2D eigenvalue weighted by molar-refractivity contribution is 8.01. The Balaban J connectivity index is 1.58. The van der Waals surface area contributed by atoms with E-state index in [1.54, 1.807) is 16.7 Å². The van der Waals surface area contributed by atoms with E-state index in [0.29, 0.717) is 5.56 Å². The molecule has 0 bridgehead atoms. The van der Waals surface area contributed by atoms with Gasteiger partial charge < -0.3 is 15.1 Å². The predicted octanol–water partition coefficient (Wildman–Crippen LogP) is 3.58. The van der Waals surface area contributed by atoms with Crippen molar-refractivity contribution in [2.75, 3.05) is 13.1 Å². The largest absolute Gasteiger partial charge is 0.342 e. The summed E-state index contributed by atoms with van der Waals surface area (Å²) in [6.07, 6.45) is 3.98. The maximum absolute atomic E-state index is 13.6. The van der Waals surface area contributed by atoms with Gasteiger partial charge in [0.05, 0.1) is 0 Å². The van der Waals surface area contributed by atoms with Crippen LogP contribution in [0.4, 0.5) is 0 Å². The molecule has 1 N–H and O–H groups in total. The Morgan fingerprint density at radius 1 is 1.19 bits per heavy atom. The monoisotopic (exact) mass is 443 g/mol. The van der Waals surface area contributed by atoms with Crippen LogP contribution in [0.2, 0.25) is 0 Å². The number of thioether (sulfide) groups is 1. The van der Waals surface area contributed by atoms with Gasteiger partial charge in [0.1, 0.15) is 17.5 Å². The maximum atomic E-state index is 13.6. The third-order valence-electron chi connectivity index (χ3n) is 6.99. The van der Waals surface area contributed by atoms with Crippen LogP contribution in [0.15, 0.2) is 24.3 Å². The van der Waals surface area contributed by atoms with Crippen LogP contribution in [0.3, 0.4) is 0 Å². The molecule has 0 aliphatic carbocycles. The van der Waals surface area contributed by atoms with Crippen molar-refractivity contribution in [2.45, 2.75) is 75.6 Å². The molecule has 3 heterocycles. The Kier molecular flexibility index (Phi) is 6.08. The van der Waals surface area contributed by atoms with Gasteiger partial charge in [0, 0.05) is 23.4 Å². The van der Waals surface area contributed by atoms with Gasteiger partial charge in [-0.1, -0.05) is 38.5 Å². The molecule has 0 unspecified atom stereocenters. The van der Waals surface area contributed by atoms with Crippen LogP contribution in [-0.4, -0.2) is 57.4 Å². The molecule has 0 aromatic heterocycles. The zero-order valence-electron chi connectivity index (χ0n) is 18.9. The van der Waals surface area contributed by atoms with Crippen LogP contribution in [0.5, 0.6) is 0 Å². The van der Waals surface area contributed by atoms with E-state index in [1.807, 2.05) is 56.9 Å². The van der Waals surface area contributed by atoms with Gasteiger partial charge in [0.2, 0.25) is 11.8 Å². The van der Waals surface area contributed by atoms with Crippen molar-refractivity contribution in [3.8, 4) is 0 Å². The van der Waals surface area contributed by atoms with Crippen molar-refractivity contribution in [1.82, 2.24) is 15.1 Å². The summed E-state index contributed by atoms with van der Waals surface area (Å²) in [7, 11) is 0. The average molecular weight is 444 g/mol. The lowest BCUT2D eigenvalue weighted by Crippen LogP contribution is -2.59. The number of amides is 3. The van der Waals surface area contributed by atoms with Crippen LogP contribution < -0.4 is 5.32 Å². The quantitative estimate of drug-likeness (QED) is 0.755. The topological polar surface area (TPSA) is 69.7 Å². The van der Waals surface area contributed by atoms with Crippen LogP contribution in [0, 0.1) is 5.92 Å². The molecule has 4 atom stereocenters. The molecule has 0 radical (unpaired) electrons. The summed E-state index contributed by atoms with van der Waals surface area (Å²) in [5.74, 6) is -0.283. The van der Waals surface area contributed by atoms with E-state index in [9.17, 15) is 14.4 Å². The summed E-state index contributed by atoms with van der Waals surface area (Å²) in [5.41, 5.74) is 1.65. The van der Waals surface area contributed by atoms with E-state index >= 15 is 0 Å². The highest BCUT2D eigenvalue weighted by Crippen LogP contribution is 2.56. The molecule has 31 heavy (non-hydrogen) atoms. The Morgan fingerprint density at radius 3 is 2.55 bits per heavy atom. The first-order chi connectivity index (χ1) is 14.8. The van der Waals surface area contributed by atoms with Gasteiger partial charge in [-0.15, -0.1) is 11.8 Å². The summed E-state index contributed by atoms with van der Waals surface area (Å²) in [5, 5.41) is 2.93. The second kappa shape index (κ2) is 8.49. The van der Waals surface area contributed by atoms with Gasteiger partial charge in [-0.05, 0) is 50.7 Å². The molecule has 3 amide bonds. The number of piperidine rings is 1. The van der Waals surface area contributed by atoms with Gasteiger partial charge in [0.15, 0.2) is 0 Å². The first kappa shape index (κ1) is 22.2. The Bertz CT molecular complexity index is 881. The van der Waals surface area contributed by atoms with Crippen LogP contribution in [-0.2, 0) is 9.59 Å². The maximum Gasteiger partial charge on any atom is 0.256 e. The fraction of sp³-hybridized carbons (Fsp3) is 0.625. The van der Waals surface area contributed by atoms with Crippen molar-refractivity contribution in [3.63, 3.8) is 0 Å². The zero-order valence-corrected chi connectivity index (χ0v) is 19.7. The number of rotatable bonds is 5. The predicted molar refractivity (Wildman–Crippen MR) is 123 cm³/mol. The molecule has 168 valence electrons. The number of hydrogen-bond acceptors (Lipinski definition) is 4. The molecule has 3 aliphatic heterocycles. The highest BCUT2D eigenvalue weighted by atomic mass is 32.2. The Morgan fingerprint density at radius 2 is 1.87 bits per heavy atom. The van der Waals surface area contributed by atoms with Gasteiger partial charge in [-0.25, -0.2) is 0 Å². The molecule has 0 spiro atoms. The van der Waals surface area contributed by atoms with Crippen LogP contribution >= 0.6 is 11.8 Å². The van der Waals surface area contributed by atoms with Crippen molar-refractivity contribution in [3.05, 3.63) is 35.4 Å². The van der Waals surface area contributed by atoms with Crippen molar-refractivity contribution >= 4 is 29.5 Å². The lowest BCUT2D eigenvalue weighted by atomic mass is 9.94. The van der Waals surface area contributed by atoms with Crippen LogP contribution in [0.1, 0.15) is 74.7 Å². The van der Waals surface area contributed by atoms with E-state index in [4.69, 9.17) is 0 Å². The molecule has 7 heteroatoms. The van der Waals surface area contributed by atoms with E-state index in [-0.39, 0.29) is 29.0 Å². The van der Waals surface area contributed by atoms with Gasteiger partial charge in [-0.2, -0.15) is 0 Å². The van der Waals surface area contributed by atoms with Gasteiger partial charge in [0.25, 0.3) is 5.91 Å². The molecule has 3 aliphatic rings. The van der Waals surface area contributed by atoms with E-state index < -0.39 is 16.8 Å². The molecule has 0 saturated carbocycles. The molecule has 1 aromatic carbocycles. The highest BCUT2D eigenvalue weighted by Gasteiger charge is 2.57. The standard InChI is InChI=1S/C24H33N3O3S/c1-5-15(2)18(22(30)26-13-9-6-10-14-26)25-20(28)19-24(3,4)31-23-17-12-8-7-11-16(17)21(29)27(19)23/h7-8,11-12,15,18-19,23H,5-6,9-10,13-14H2,1-4H3,(H,25,28)/t15-,18-,19+,23+/m0/s1. The summed E-state index contributed by atoms with van der Waals surface area (Å²) in [6, 6.07) is 6.43. The number of carbonyl (C=O) groups is 3. The fourth-order valence-corrected chi connectivity index (χ4v) is 6.62. The summed E-state index contributed by atoms with van der Waals surface area (Å²) in [6.45, 7) is 9.60. The third-order valence-corrected chi connectivity index (χ3v) is 8.52. The minimum absolute atomic E-state index is 0.0124. The van der Waals surface area contributed by atoms with Crippen molar-refractivity contribution in [2.24, 2.45) is 5.92 Å². The Labute approximate surface area is 189 Å². The SMILES string of the molecule is CC[C@H](C)[C@H](NC(=O)[C@H]1N2C(=O)c3ccccc3[C@H]2SC1(C)C)C(=O)N1CCCCC1. The first-order valence-electron chi connectivity index (χ1n) is 11.4. The molecule has 2 saturated heterocycles. The minimum atomic E-state index is -0.622. The number of nitrogens with one attached hydrogen (secondary N) is 1. The zero-order chi connectivity index (χ0) is 22.3. The summed E-state index contributed by atoms with van der Waals surface area (Å²) < 4.78 is -0.452. The number of likely N-dealkylation sites (tertiary alicyclic amines) is 1. The Hall–Kier alpha value is -2.02. The number of hydrogen-bond donors (Lipinski definition) is 1. The van der Waals surface area contributed by atoms with Gasteiger partial charge >= 0.3 is 0 Å². The molecular formula is C24H33N3O3S. The number of nitrogens with zero attached hydrogens (tertiary/aromatic N) is 2. The minimum Gasteiger partial charge on any atom is -0.342 e. The second-order valence-electron chi connectivity index (χ2n) is 9.53. The fourth-order valence-electron chi connectivity index (χ4n) is 5.03. The summed E-state index contributed by atoms with van der Waals surface area (Å²) >= 11 is 1.65. The second-order valence-corrected chi connectivity index (χ2v) is 11.3. The smallest absolute Gasteiger partial charge is 0.256 e.